The minimum atomic E-state index is 0.388. The predicted molar refractivity (Wildman–Crippen MR) is 80.0 cm³/mol. The Morgan fingerprint density at radius 3 is 3.19 bits per heavy atom. The molecule has 2 aromatic rings. The lowest BCUT2D eigenvalue weighted by Gasteiger charge is -2.14. The van der Waals surface area contributed by atoms with Crippen LogP contribution in [0.5, 0.6) is 0 Å². The maximum atomic E-state index is 8.88. The smallest absolute Gasteiger partial charge is 0.107 e. The van der Waals surface area contributed by atoms with Gasteiger partial charge < -0.3 is 0 Å². The second-order valence-electron chi connectivity index (χ2n) is 5.83. The van der Waals surface area contributed by atoms with Crippen LogP contribution in [0.4, 0.5) is 0 Å². The van der Waals surface area contributed by atoms with Gasteiger partial charge in [-0.25, -0.2) is 4.98 Å². The van der Waals surface area contributed by atoms with Crippen molar-refractivity contribution in [2.45, 2.75) is 38.3 Å². The number of rotatable bonds is 3. The molecule has 2 aromatic heterocycles. The van der Waals surface area contributed by atoms with Gasteiger partial charge in [-0.2, -0.15) is 10.4 Å². The molecular formula is C15H17N5S. The third kappa shape index (κ3) is 2.47. The number of fused-ring (bicyclic) bond motifs is 1. The molecule has 1 fully saturated rings. The third-order valence-electron chi connectivity index (χ3n) is 4.35. The summed E-state index contributed by atoms with van der Waals surface area (Å²) in [5, 5.41) is 14.4. The van der Waals surface area contributed by atoms with Crippen LogP contribution in [-0.2, 0) is 19.4 Å². The Bertz CT molecular complexity index is 674. The van der Waals surface area contributed by atoms with Crippen LogP contribution in [0.1, 0.15) is 40.0 Å². The minimum Gasteiger partial charge on any atom is -0.294 e. The van der Waals surface area contributed by atoms with Crippen molar-refractivity contribution in [1.82, 2.24) is 19.7 Å². The van der Waals surface area contributed by atoms with E-state index in [2.05, 4.69) is 16.1 Å². The van der Waals surface area contributed by atoms with E-state index < -0.39 is 0 Å². The monoisotopic (exact) mass is 299 g/mol. The molecule has 0 amide bonds. The summed E-state index contributed by atoms with van der Waals surface area (Å²) in [5.41, 5.74) is 1.99. The van der Waals surface area contributed by atoms with E-state index in [0.29, 0.717) is 11.6 Å². The number of nitriles is 1. The highest BCUT2D eigenvalue weighted by atomic mass is 32.1. The van der Waals surface area contributed by atoms with Crippen molar-refractivity contribution in [3.8, 4) is 6.07 Å². The van der Waals surface area contributed by atoms with E-state index in [1.54, 1.807) is 6.20 Å². The van der Waals surface area contributed by atoms with Crippen molar-refractivity contribution >= 4 is 11.3 Å². The van der Waals surface area contributed by atoms with Gasteiger partial charge in [0.1, 0.15) is 11.1 Å². The zero-order chi connectivity index (χ0) is 14.2. The van der Waals surface area contributed by atoms with E-state index in [9.17, 15) is 0 Å². The fourth-order valence-corrected chi connectivity index (χ4v) is 4.47. The molecule has 0 radical (unpaired) electrons. The molecule has 1 saturated heterocycles. The molecule has 5 nitrogen and oxygen atoms in total. The fraction of sp³-hybridized carbons (Fsp3) is 0.533. The first-order valence-electron chi connectivity index (χ1n) is 7.46. The standard InChI is InChI=1S/C15H17N5S/c16-6-11-7-17-20(8-11)12-4-5-19(9-12)10-15-18-13-2-1-3-14(13)21-15/h7-8,12H,1-5,9-10H2. The number of nitrogens with zero attached hydrogens (tertiary/aromatic N) is 5. The van der Waals surface area contributed by atoms with Gasteiger partial charge in [0.15, 0.2) is 0 Å². The average molecular weight is 299 g/mol. The molecule has 1 aliphatic carbocycles. The van der Waals surface area contributed by atoms with Crippen LogP contribution in [0, 0.1) is 11.3 Å². The summed E-state index contributed by atoms with van der Waals surface area (Å²) < 4.78 is 1.94. The maximum absolute atomic E-state index is 8.88. The van der Waals surface area contributed by atoms with Gasteiger partial charge in [-0.1, -0.05) is 0 Å². The molecule has 0 bridgehead atoms. The Balaban J connectivity index is 1.40. The summed E-state index contributed by atoms with van der Waals surface area (Å²) >= 11 is 1.90. The lowest BCUT2D eigenvalue weighted by Crippen LogP contribution is -2.21. The normalized spacial score (nSPS) is 21.6. The number of hydrogen-bond donors (Lipinski definition) is 0. The molecule has 6 heteroatoms. The predicted octanol–water partition coefficient (Wildman–Crippen LogP) is 2.15. The van der Waals surface area contributed by atoms with Crippen LogP contribution >= 0.6 is 11.3 Å². The third-order valence-corrected chi connectivity index (χ3v) is 5.49. The van der Waals surface area contributed by atoms with Gasteiger partial charge in [0, 0.05) is 24.2 Å². The topological polar surface area (TPSA) is 57.7 Å². The van der Waals surface area contributed by atoms with E-state index in [4.69, 9.17) is 10.2 Å². The minimum absolute atomic E-state index is 0.388. The molecule has 4 rings (SSSR count). The first kappa shape index (κ1) is 13.0. The Labute approximate surface area is 127 Å². The Hall–Kier alpha value is -1.71. The Morgan fingerprint density at radius 2 is 2.38 bits per heavy atom. The van der Waals surface area contributed by atoms with Crippen LogP contribution in [0.2, 0.25) is 0 Å². The maximum Gasteiger partial charge on any atom is 0.107 e. The molecule has 108 valence electrons. The van der Waals surface area contributed by atoms with E-state index >= 15 is 0 Å². The highest BCUT2D eigenvalue weighted by molar-refractivity contribution is 7.11. The van der Waals surface area contributed by atoms with Crippen LogP contribution < -0.4 is 0 Å². The van der Waals surface area contributed by atoms with Crippen molar-refractivity contribution in [3.05, 3.63) is 33.5 Å². The second-order valence-corrected chi connectivity index (χ2v) is 7.00. The first-order valence-corrected chi connectivity index (χ1v) is 8.27. The zero-order valence-electron chi connectivity index (χ0n) is 11.8. The van der Waals surface area contributed by atoms with Gasteiger partial charge in [-0.15, -0.1) is 11.3 Å². The van der Waals surface area contributed by atoms with Gasteiger partial charge in [-0.3, -0.25) is 9.58 Å². The largest absolute Gasteiger partial charge is 0.294 e. The number of aromatic nitrogens is 3. The molecule has 1 atom stereocenters. The van der Waals surface area contributed by atoms with Gasteiger partial charge in [0.05, 0.1) is 30.0 Å². The highest BCUT2D eigenvalue weighted by Crippen LogP contribution is 2.29. The molecule has 2 aliphatic rings. The quantitative estimate of drug-likeness (QED) is 0.871. The second kappa shape index (κ2) is 5.24. The molecule has 1 unspecified atom stereocenters. The molecular weight excluding hydrogens is 282 g/mol. The van der Waals surface area contributed by atoms with Gasteiger partial charge in [0.25, 0.3) is 0 Å². The van der Waals surface area contributed by atoms with Gasteiger partial charge in [0.2, 0.25) is 0 Å². The summed E-state index contributed by atoms with van der Waals surface area (Å²) in [4.78, 5) is 8.74. The lowest BCUT2D eigenvalue weighted by molar-refractivity contribution is 0.311. The SMILES string of the molecule is N#Cc1cnn(C2CCN(Cc3nc4c(s3)CCC4)C2)c1. The molecule has 0 aromatic carbocycles. The van der Waals surface area contributed by atoms with Crippen molar-refractivity contribution in [3.63, 3.8) is 0 Å². The average Bonchev–Trinajstić information content (AvgIpc) is 3.21. The summed E-state index contributed by atoms with van der Waals surface area (Å²) in [6.45, 7) is 3.04. The van der Waals surface area contributed by atoms with Crippen molar-refractivity contribution in [2.24, 2.45) is 0 Å². The van der Waals surface area contributed by atoms with Crippen molar-refractivity contribution < 1.29 is 0 Å². The van der Waals surface area contributed by atoms with E-state index in [0.717, 1.165) is 26.1 Å². The van der Waals surface area contributed by atoms with Crippen LogP contribution in [0.3, 0.4) is 0 Å². The molecule has 1 aliphatic heterocycles. The van der Waals surface area contributed by atoms with Crippen molar-refractivity contribution in [1.29, 1.82) is 5.26 Å². The molecule has 3 heterocycles. The van der Waals surface area contributed by atoms with Crippen molar-refractivity contribution in [2.75, 3.05) is 13.1 Å². The number of aryl methyl sites for hydroxylation is 2. The zero-order valence-corrected chi connectivity index (χ0v) is 12.6. The molecule has 0 N–H and O–H groups in total. The van der Waals surface area contributed by atoms with E-state index in [1.165, 1.54) is 34.8 Å². The van der Waals surface area contributed by atoms with Crippen LogP contribution in [0.15, 0.2) is 12.4 Å². The molecule has 21 heavy (non-hydrogen) atoms. The van der Waals surface area contributed by atoms with E-state index in [1.807, 2.05) is 22.2 Å². The summed E-state index contributed by atoms with van der Waals surface area (Å²) in [6, 6.07) is 2.53. The number of thiazole rings is 1. The van der Waals surface area contributed by atoms with Crippen LogP contribution in [0.25, 0.3) is 0 Å². The Kier molecular flexibility index (Phi) is 3.24. The summed E-state index contributed by atoms with van der Waals surface area (Å²) in [5.74, 6) is 0. The fourth-order valence-electron chi connectivity index (χ4n) is 3.27. The molecule has 0 spiro atoms. The van der Waals surface area contributed by atoms with Gasteiger partial charge >= 0.3 is 0 Å². The summed E-state index contributed by atoms with van der Waals surface area (Å²) in [6.07, 6.45) is 8.26. The lowest BCUT2D eigenvalue weighted by atomic mass is 10.3. The number of likely N-dealkylation sites (tertiary alicyclic amines) is 1. The summed E-state index contributed by atoms with van der Waals surface area (Å²) in [7, 11) is 0. The highest BCUT2D eigenvalue weighted by Gasteiger charge is 2.26. The molecule has 0 saturated carbocycles. The van der Waals surface area contributed by atoms with E-state index in [-0.39, 0.29) is 0 Å². The van der Waals surface area contributed by atoms with Gasteiger partial charge in [-0.05, 0) is 25.7 Å². The number of hydrogen-bond acceptors (Lipinski definition) is 5. The van der Waals surface area contributed by atoms with Crippen LogP contribution in [-0.4, -0.2) is 32.8 Å². The Morgan fingerprint density at radius 1 is 1.43 bits per heavy atom. The first-order chi connectivity index (χ1) is 10.3.